The molecule has 5 nitrogen and oxygen atoms in total. The van der Waals surface area contributed by atoms with Gasteiger partial charge in [-0.2, -0.15) is 0 Å². The van der Waals surface area contributed by atoms with Crippen molar-refractivity contribution in [1.82, 2.24) is 5.32 Å². The summed E-state index contributed by atoms with van der Waals surface area (Å²) in [6, 6.07) is 0. The van der Waals surface area contributed by atoms with Crippen molar-refractivity contribution in [3.8, 4) is 0 Å². The van der Waals surface area contributed by atoms with E-state index in [1.54, 1.807) is 0 Å². The highest BCUT2D eigenvalue weighted by molar-refractivity contribution is 5.87. The first-order valence-electron chi connectivity index (χ1n) is 5.61. The Bertz CT molecular complexity index is 326. The number of ether oxygens (including phenoxy) is 1. The molecule has 3 atom stereocenters. The highest BCUT2D eigenvalue weighted by Gasteiger charge is 2.45. The van der Waals surface area contributed by atoms with Crippen molar-refractivity contribution in [2.75, 3.05) is 0 Å². The molecule has 0 spiro atoms. The van der Waals surface area contributed by atoms with Gasteiger partial charge in [-0.1, -0.05) is 0 Å². The lowest BCUT2D eigenvalue weighted by atomic mass is 9.88. The molecule has 2 N–H and O–H groups in total. The monoisotopic (exact) mass is 227 g/mol. The molecule has 3 unspecified atom stereocenters. The molecule has 0 aromatic heterocycles. The van der Waals surface area contributed by atoms with Crippen LogP contribution in [0, 0.1) is 5.92 Å². The third-order valence-corrected chi connectivity index (χ3v) is 3.41. The van der Waals surface area contributed by atoms with E-state index in [9.17, 15) is 9.59 Å². The summed E-state index contributed by atoms with van der Waals surface area (Å²) < 4.78 is 5.57. The Balaban J connectivity index is 1.96. The van der Waals surface area contributed by atoms with Gasteiger partial charge < -0.3 is 15.2 Å². The van der Waals surface area contributed by atoms with Crippen LogP contribution in [0.5, 0.6) is 0 Å². The molecule has 2 rings (SSSR count). The molecule has 2 aliphatic rings. The Hall–Kier alpha value is -1.10. The first kappa shape index (κ1) is 11.4. The number of carbonyl (C=O) groups excluding carboxylic acids is 1. The number of carboxylic acid groups (broad SMARTS) is 1. The third kappa shape index (κ3) is 1.91. The van der Waals surface area contributed by atoms with Gasteiger partial charge in [0.25, 0.3) is 0 Å². The van der Waals surface area contributed by atoms with Crippen LogP contribution in [0.25, 0.3) is 0 Å². The average Bonchev–Trinajstić information content (AvgIpc) is 2.77. The number of rotatable bonds is 3. The quantitative estimate of drug-likeness (QED) is 0.737. The minimum Gasteiger partial charge on any atom is -0.480 e. The normalized spacial score (nSPS) is 32.8. The molecular formula is C11H17NO4. The van der Waals surface area contributed by atoms with Gasteiger partial charge in [0.2, 0.25) is 5.91 Å². The standard InChI is InChI=1S/C11H17NO4/c1-11(2,10(14)15)12-9(13)7-5-6-3-4-8(7)16-6/h6-8H,3-5H2,1-2H3,(H,12,13)(H,14,15). The van der Waals surface area contributed by atoms with Crippen molar-refractivity contribution < 1.29 is 19.4 Å². The van der Waals surface area contributed by atoms with Crippen LogP contribution in [0.2, 0.25) is 0 Å². The van der Waals surface area contributed by atoms with E-state index in [0.717, 1.165) is 19.3 Å². The van der Waals surface area contributed by atoms with Gasteiger partial charge in [0, 0.05) is 0 Å². The molecule has 0 aromatic carbocycles. The summed E-state index contributed by atoms with van der Waals surface area (Å²) in [6.07, 6.45) is 2.86. The Morgan fingerprint density at radius 1 is 1.38 bits per heavy atom. The summed E-state index contributed by atoms with van der Waals surface area (Å²) in [5, 5.41) is 11.5. The van der Waals surface area contributed by atoms with Gasteiger partial charge in [-0.25, -0.2) is 4.79 Å². The minimum absolute atomic E-state index is 0.00500. The summed E-state index contributed by atoms with van der Waals surface area (Å²) in [5.74, 6) is -1.39. The maximum atomic E-state index is 11.9. The first-order valence-corrected chi connectivity index (χ1v) is 5.61. The smallest absolute Gasteiger partial charge is 0.328 e. The van der Waals surface area contributed by atoms with E-state index < -0.39 is 11.5 Å². The van der Waals surface area contributed by atoms with Gasteiger partial charge in [0.1, 0.15) is 5.54 Å². The molecule has 5 heteroatoms. The molecule has 1 amide bonds. The third-order valence-electron chi connectivity index (χ3n) is 3.41. The summed E-state index contributed by atoms with van der Waals surface area (Å²) >= 11 is 0. The predicted octanol–water partition coefficient (Wildman–Crippen LogP) is 0.533. The molecule has 2 saturated heterocycles. The van der Waals surface area contributed by atoms with Crippen LogP contribution in [0.1, 0.15) is 33.1 Å². The maximum absolute atomic E-state index is 11.9. The molecule has 2 heterocycles. The van der Waals surface area contributed by atoms with E-state index in [-0.39, 0.29) is 24.0 Å². The average molecular weight is 227 g/mol. The fraction of sp³-hybridized carbons (Fsp3) is 0.818. The zero-order valence-electron chi connectivity index (χ0n) is 9.53. The topological polar surface area (TPSA) is 75.6 Å². The largest absolute Gasteiger partial charge is 0.480 e. The van der Waals surface area contributed by atoms with Crippen molar-refractivity contribution in [3.63, 3.8) is 0 Å². The molecule has 0 saturated carbocycles. The van der Waals surface area contributed by atoms with E-state index in [1.807, 2.05) is 0 Å². The zero-order chi connectivity index (χ0) is 11.9. The Morgan fingerprint density at radius 2 is 2.06 bits per heavy atom. The Morgan fingerprint density at radius 3 is 2.50 bits per heavy atom. The van der Waals surface area contributed by atoms with Crippen molar-refractivity contribution in [2.45, 2.75) is 50.9 Å². The number of hydrogen-bond donors (Lipinski definition) is 2. The van der Waals surface area contributed by atoms with Crippen LogP contribution in [-0.4, -0.2) is 34.7 Å². The predicted molar refractivity (Wildman–Crippen MR) is 55.9 cm³/mol. The molecule has 0 aromatic rings. The fourth-order valence-electron chi connectivity index (χ4n) is 2.37. The van der Waals surface area contributed by atoms with E-state index in [2.05, 4.69) is 5.32 Å². The van der Waals surface area contributed by atoms with Crippen LogP contribution in [0.15, 0.2) is 0 Å². The molecule has 0 aliphatic carbocycles. The first-order chi connectivity index (χ1) is 7.40. The van der Waals surface area contributed by atoms with Crippen molar-refractivity contribution >= 4 is 11.9 Å². The second-order valence-corrected chi connectivity index (χ2v) is 5.14. The van der Waals surface area contributed by atoms with Gasteiger partial charge in [-0.3, -0.25) is 4.79 Å². The lowest BCUT2D eigenvalue weighted by molar-refractivity contribution is -0.147. The van der Waals surface area contributed by atoms with Gasteiger partial charge in [-0.15, -0.1) is 0 Å². The highest BCUT2D eigenvalue weighted by atomic mass is 16.5. The maximum Gasteiger partial charge on any atom is 0.328 e. The summed E-state index contributed by atoms with van der Waals surface area (Å²) in [5.41, 5.74) is -1.21. The lowest BCUT2D eigenvalue weighted by Crippen LogP contribution is -2.52. The number of nitrogens with one attached hydrogen (secondary N) is 1. The number of carbonyl (C=O) groups is 2. The number of carboxylic acids is 1. The summed E-state index contributed by atoms with van der Waals surface area (Å²) in [4.78, 5) is 22.8. The molecule has 16 heavy (non-hydrogen) atoms. The second-order valence-electron chi connectivity index (χ2n) is 5.14. The van der Waals surface area contributed by atoms with Crippen LogP contribution in [0.4, 0.5) is 0 Å². The van der Waals surface area contributed by atoms with Crippen LogP contribution in [-0.2, 0) is 14.3 Å². The Labute approximate surface area is 94.2 Å². The fourth-order valence-corrected chi connectivity index (χ4v) is 2.37. The van der Waals surface area contributed by atoms with E-state index >= 15 is 0 Å². The van der Waals surface area contributed by atoms with Crippen LogP contribution >= 0.6 is 0 Å². The number of aliphatic carboxylic acids is 1. The molecule has 0 radical (unpaired) electrons. The Kier molecular flexibility index (Phi) is 2.66. The van der Waals surface area contributed by atoms with Gasteiger partial charge in [0.15, 0.2) is 0 Å². The van der Waals surface area contributed by atoms with E-state index in [1.165, 1.54) is 13.8 Å². The van der Waals surface area contributed by atoms with Gasteiger partial charge in [-0.05, 0) is 33.1 Å². The summed E-state index contributed by atoms with van der Waals surface area (Å²) in [6.45, 7) is 2.97. The highest BCUT2D eigenvalue weighted by Crippen LogP contribution is 2.38. The second kappa shape index (κ2) is 3.73. The van der Waals surface area contributed by atoms with Crippen LogP contribution < -0.4 is 5.32 Å². The number of amides is 1. The molecule has 2 fully saturated rings. The lowest BCUT2D eigenvalue weighted by Gasteiger charge is -2.25. The van der Waals surface area contributed by atoms with Crippen LogP contribution in [0.3, 0.4) is 0 Å². The van der Waals surface area contributed by atoms with Crippen molar-refractivity contribution in [2.24, 2.45) is 5.92 Å². The molecule has 2 bridgehead atoms. The van der Waals surface area contributed by atoms with Gasteiger partial charge in [0.05, 0.1) is 18.1 Å². The van der Waals surface area contributed by atoms with Crippen molar-refractivity contribution in [3.05, 3.63) is 0 Å². The molecule has 90 valence electrons. The SMILES string of the molecule is CC(C)(NC(=O)C1CC2CCC1O2)C(=O)O. The molecular weight excluding hydrogens is 210 g/mol. The van der Waals surface area contributed by atoms with Gasteiger partial charge >= 0.3 is 5.97 Å². The number of fused-ring (bicyclic) bond motifs is 2. The van der Waals surface area contributed by atoms with E-state index in [4.69, 9.17) is 9.84 Å². The zero-order valence-corrected chi connectivity index (χ0v) is 9.53. The van der Waals surface area contributed by atoms with Crippen molar-refractivity contribution in [1.29, 1.82) is 0 Å². The van der Waals surface area contributed by atoms with E-state index in [0.29, 0.717) is 0 Å². The minimum atomic E-state index is -1.21. The molecule has 2 aliphatic heterocycles. The number of hydrogen-bond acceptors (Lipinski definition) is 3. The summed E-state index contributed by atoms with van der Waals surface area (Å²) in [7, 11) is 0.